The molecule has 1 aliphatic rings. The molecule has 12 heteroatoms. The molecular formula is C23H26Cl5FNO4Ru. The fraction of sp³-hybridized carbons (Fsp3) is 0.391. The van der Waals surface area contributed by atoms with Crippen molar-refractivity contribution in [2.24, 2.45) is 5.41 Å². The average molecular weight is 678 g/mol. The van der Waals surface area contributed by atoms with Gasteiger partial charge < -0.3 is 15.5 Å². The predicted octanol–water partition coefficient (Wildman–Crippen LogP) is 7.32. The van der Waals surface area contributed by atoms with E-state index in [0.717, 1.165) is 5.56 Å². The van der Waals surface area contributed by atoms with Gasteiger partial charge in [-0.3, -0.25) is 9.59 Å². The normalized spacial score (nSPS) is 22.2. The van der Waals surface area contributed by atoms with Crippen LogP contribution in [0.5, 0.6) is 0 Å². The Kier molecular flexibility index (Phi) is 12.7. The van der Waals surface area contributed by atoms with E-state index in [1.165, 1.54) is 12.1 Å². The number of halogens is 6. The maximum atomic E-state index is 14.2. The number of hydrogen-bond donors (Lipinski definition) is 1. The van der Waals surface area contributed by atoms with Gasteiger partial charge in [-0.2, -0.15) is 0 Å². The number of carboxylic acids is 1. The summed E-state index contributed by atoms with van der Waals surface area (Å²) in [5, 5.41) is 10.3. The van der Waals surface area contributed by atoms with E-state index in [0.29, 0.717) is 10.6 Å². The van der Waals surface area contributed by atoms with Gasteiger partial charge in [0, 0.05) is 22.0 Å². The van der Waals surface area contributed by atoms with Crippen molar-refractivity contribution >= 4 is 64.2 Å². The van der Waals surface area contributed by atoms with Crippen LogP contribution in [0.2, 0.25) is 10.0 Å². The monoisotopic (exact) mass is 676 g/mol. The zero-order chi connectivity index (χ0) is 25.8. The van der Waals surface area contributed by atoms with Gasteiger partial charge in [-0.05, 0) is 61.7 Å². The first-order chi connectivity index (χ1) is 15.7. The van der Waals surface area contributed by atoms with Crippen LogP contribution in [0.25, 0.3) is 0 Å². The van der Waals surface area contributed by atoms with E-state index in [-0.39, 0.29) is 41.2 Å². The van der Waals surface area contributed by atoms with Gasteiger partial charge >= 0.3 is 48.0 Å². The number of hydrogen-bond acceptors (Lipinski definition) is 2. The Morgan fingerprint density at radius 2 is 1.66 bits per heavy atom. The van der Waals surface area contributed by atoms with Gasteiger partial charge in [-0.25, -0.2) is 4.39 Å². The molecule has 35 heavy (non-hydrogen) atoms. The molecule has 3 atom stereocenters. The first-order valence-corrected chi connectivity index (χ1v) is 17.6. The Bertz CT molecular complexity index is 1000. The zero-order valence-corrected chi connectivity index (χ0v) is 24.5. The molecule has 1 saturated heterocycles. The van der Waals surface area contributed by atoms with Crippen molar-refractivity contribution in [3.05, 3.63) is 69.5 Å². The number of carboxylic acid groups (broad SMARTS) is 1. The topological polar surface area (TPSA) is 89.1 Å². The third kappa shape index (κ3) is 8.70. The van der Waals surface area contributed by atoms with Crippen LogP contribution in [-0.2, 0) is 22.6 Å². The number of piperidine rings is 1. The summed E-state index contributed by atoms with van der Waals surface area (Å²) in [6.45, 7) is 5.46. The summed E-state index contributed by atoms with van der Waals surface area (Å²) in [5.41, 5.74) is 0.363. The maximum absolute atomic E-state index is 14.2. The van der Waals surface area contributed by atoms with Crippen LogP contribution in [0.3, 0.4) is 0 Å². The summed E-state index contributed by atoms with van der Waals surface area (Å²) in [4.78, 5) is 26.8. The summed E-state index contributed by atoms with van der Waals surface area (Å²) in [7, 11) is 14.8. The van der Waals surface area contributed by atoms with E-state index in [2.05, 4.69) is 0 Å². The summed E-state index contributed by atoms with van der Waals surface area (Å²) in [6.07, 6.45) is -0.0453. The van der Waals surface area contributed by atoms with Gasteiger partial charge in [-0.15, -0.1) is 0 Å². The van der Waals surface area contributed by atoms with E-state index in [1.54, 1.807) is 30.0 Å². The molecule has 0 unspecified atom stereocenters. The second-order valence-electron chi connectivity index (χ2n) is 8.60. The Morgan fingerprint density at radius 1 is 1.11 bits per heavy atom. The Balaban J connectivity index is 0.00000114. The number of carbonyl (C=O) groups is 2. The minimum atomic E-state index is -1.75. The van der Waals surface area contributed by atoms with Crippen LogP contribution in [0.15, 0.2) is 42.5 Å². The molecule has 2 aromatic carbocycles. The minimum absolute atomic E-state index is 0. The molecule has 0 aromatic heterocycles. The van der Waals surface area contributed by atoms with Crippen molar-refractivity contribution in [1.82, 2.24) is 4.90 Å². The molecule has 0 bridgehead atoms. The molecule has 0 radical (unpaired) electrons. The van der Waals surface area contributed by atoms with Crippen LogP contribution in [0.1, 0.15) is 56.7 Å². The van der Waals surface area contributed by atoms with E-state index in [4.69, 9.17) is 52.3 Å². The van der Waals surface area contributed by atoms with Gasteiger partial charge in [0.1, 0.15) is 5.82 Å². The third-order valence-electron chi connectivity index (χ3n) is 5.72. The average Bonchev–Trinajstić information content (AvgIpc) is 2.68. The van der Waals surface area contributed by atoms with E-state index in [9.17, 15) is 19.1 Å². The second-order valence-corrected chi connectivity index (χ2v) is 17.4. The van der Waals surface area contributed by atoms with Crippen LogP contribution in [0, 0.1) is 11.2 Å². The van der Waals surface area contributed by atoms with Crippen molar-refractivity contribution in [3.8, 4) is 0 Å². The molecule has 5 nitrogen and oxygen atoms in total. The number of rotatable bonds is 5. The van der Waals surface area contributed by atoms with Crippen molar-refractivity contribution in [1.29, 1.82) is 0 Å². The number of benzene rings is 2. The molecular weight excluding hydrogens is 652 g/mol. The molecule has 1 heterocycles. The fourth-order valence-electron chi connectivity index (χ4n) is 4.50. The molecule has 2 aromatic rings. The summed E-state index contributed by atoms with van der Waals surface area (Å²) in [6, 6.07) is 10.9. The Hall–Kier alpha value is -0.657. The van der Waals surface area contributed by atoms with E-state index >= 15 is 0 Å². The van der Waals surface area contributed by atoms with Crippen molar-refractivity contribution in [3.63, 3.8) is 0 Å². The van der Waals surface area contributed by atoms with Crippen molar-refractivity contribution in [2.75, 3.05) is 0 Å². The van der Waals surface area contributed by atoms with E-state index in [1.807, 2.05) is 26.0 Å². The van der Waals surface area contributed by atoms with Crippen molar-refractivity contribution < 1.29 is 37.5 Å². The van der Waals surface area contributed by atoms with Gasteiger partial charge in [0.05, 0.1) is 17.9 Å². The SMILES string of the molecule is CC(C)N1C(=O)[C@@](C)(CC(=O)O)C[C@H](c2cc(F)cc(Cl)c2)[C@H]1c1ccc(Cl)cc1.O.[Cl][Ru]([Cl])[Cl]. The molecule has 3 N–H and O–H groups in total. The third-order valence-corrected chi connectivity index (χ3v) is 6.19. The van der Waals surface area contributed by atoms with Crippen LogP contribution in [-0.4, -0.2) is 33.4 Å². The molecule has 0 saturated carbocycles. The molecule has 3 rings (SSSR count). The second kappa shape index (κ2) is 13.8. The van der Waals surface area contributed by atoms with Gasteiger partial charge in [0.2, 0.25) is 5.91 Å². The summed E-state index contributed by atoms with van der Waals surface area (Å²) >= 11 is 10.4. The molecule has 1 fully saturated rings. The molecule has 197 valence electrons. The number of amides is 1. The summed E-state index contributed by atoms with van der Waals surface area (Å²) < 4.78 is 14.2. The van der Waals surface area contributed by atoms with Crippen LogP contribution >= 0.6 is 52.3 Å². The Morgan fingerprint density at radius 3 is 2.11 bits per heavy atom. The predicted molar refractivity (Wildman–Crippen MR) is 136 cm³/mol. The number of likely N-dealkylation sites (tertiary alicyclic amines) is 1. The quantitative estimate of drug-likeness (QED) is 0.337. The van der Waals surface area contributed by atoms with E-state index < -0.39 is 36.2 Å². The number of carbonyl (C=O) groups excluding carboxylic acids is 1. The van der Waals surface area contributed by atoms with Crippen molar-refractivity contribution in [2.45, 2.75) is 51.6 Å². The molecule has 0 spiro atoms. The molecule has 0 aliphatic carbocycles. The first-order valence-electron chi connectivity index (χ1n) is 10.2. The van der Waals surface area contributed by atoms with Gasteiger partial charge in [-0.1, -0.05) is 42.3 Å². The van der Waals surface area contributed by atoms with Gasteiger partial charge in [0.15, 0.2) is 0 Å². The van der Waals surface area contributed by atoms with Crippen LogP contribution in [0.4, 0.5) is 4.39 Å². The fourth-order valence-corrected chi connectivity index (χ4v) is 4.85. The van der Waals surface area contributed by atoms with Crippen LogP contribution < -0.4 is 0 Å². The molecule has 1 amide bonds. The summed E-state index contributed by atoms with van der Waals surface area (Å²) in [5.74, 6) is -2.08. The number of nitrogens with zero attached hydrogens (tertiary/aromatic N) is 1. The zero-order valence-electron chi connectivity index (χ0n) is 19.0. The standard InChI is InChI=1S/C23H24Cl2FNO3.3ClH.H2O.Ru/c1-13(2)27-21(14-4-6-16(24)7-5-14)19(15-8-17(25)10-18(26)9-15)11-23(3,22(27)30)12-20(28)29;;;;;/h4-10,13,19,21H,11-12H2,1-3H3,(H,28,29);3*1H;1H2;/q;;;;;+3/p-3/t19-,21-,23-;;;;;/m1...../s1. The van der Waals surface area contributed by atoms with Gasteiger partial charge in [0.25, 0.3) is 0 Å². The Labute approximate surface area is 231 Å². The number of aliphatic carboxylic acids is 1. The first kappa shape index (κ1) is 32.4. The molecule has 1 aliphatic heterocycles.